The SMILES string of the molecule is O=C(NNS(=O)(=O)c1cccc(OC(F)(F)F)c1)c1cc2c(s1)CCCCCC2. The molecule has 6 nitrogen and oxygen atoms in total. The molecule has 1 amide bonds. The monoisotopic (exact) mass is 448 g/mol. The van der Waals surface area contributed by atoms with Crippen LogP contribution in [0.25, 0.3) is 0 Å². The quantitative estimate of drug-likeness (QED) is 0.679. The summed E-state index contributed by atoms with van der Waals surface area (Å²) in [5.41, 5.74) is 3.23. The molecule has 3 rings (SSSR count). The highest BCUT2D eigenvalue weighted by Gasteiger charge is 2.31. The molecule has 0 bridgehead atoms. The maximum atomic E-state index is 12.4. The number of aryl methyl sites for hydroxylation is 2. The number of halogens is 3. The largest absolute Gasteiger partial charge is 0.573 e. The fraction of sp³-hybridized carbons (Fsp3) is 0.389. The van der Waals surface area contributed by atoms with Gasteiger partial charge in [0.1, 0.15) is 5.75 Å². The summed E-state index contributed by atoms with van der Waals surface area (Å²) in [5.74, 6) is -1.29. The van der Waals surface area contributed by atoms with Crippen molar-refractivity contribution < 1.29 is 31.1 Å². The Kier molecular flexibility index (Phi) is 6.49. The van der Waals surface area contributed by atoms with Gasteiger partial charge >= 0.3 is 6.36 Å². The zero-order valence-electron chi connectivity index (χ0n) is 15.2. The average molecular weight is 448 g/mol. The van der Waals surface area contributed by atoms with E-state index in [0.717, 1.165) is 73.2 Å². The first-order valence-corrected chi connectivity index (χ1v) is 11.2. The lowest BCUT2D eigenvalue weighted by Crippen LogP contribution is -2.41. The molecule has 11 heteroatoms. The molecule has 0 radical (unpaired) electrons. The van der Waals surface area contributed by atoms with Crippen LogP contribution in [0.3, 0.4) is 0 Å². The number of amides is 1. The summed E-state index contributed by atoms with van der Waals surface area (Å²) >= 11 is 1.33. The second-order valence-corrected chi connectivity index (χ2v) is 9.37. The van der Waals surface area contributed by atoms with E-state index < -0.39 is 32.9 Å². The number of ether oxygens (including phenoxy) is 1. The van der Waals surface area contributed by atoms with E-state index in [9.17, 15) is 26.4 Å². The van der Waals surface area contributed by atoms with Gasteiger partial charge in [-0.25, -0.2) is 8.42 Å². The molecule has 1 aliphatic carbocycles. The zero-order valence-corrected chi connectivity index (χ0v) is 16.8. The molecule has 1 aromatic heterocycles. The van der Waals surface area contributed by atoms with E-state index in [1.54, 1.807) is 6.07 Å². The number of hydrazine groups is 1. The smallest absolute Gasteiger partial charge is 0.406 e. The number of sulfonamides is 1. The lowest BCUT2D eigenvalue weighted by molar-refractivity contribution is -0.274. The topological polar surface area (TPSA) is 84.5 Å². The predicted octanol–water partition coefficient (Wildman–Crippen LogP) is 3.93. The molecular weight excluding hydrogens is 429 g/mol. The second-order valence-electron chi connectivity index (χ2n) is 6.56. The highest BCUT2D eigenvalue weighted by atomic mass is 32.2. The summed E-state index contributed by atoms with van der Waals surface area (Å²) in [6.07, 6.45) is 1.23. The van der Waals surface area contributed by atoms with E-state index in [1.165, 1.54) is 11.3 Å². The van der Waals surface area contributed by atoms with Crippen LogP contribution in [0.2, 0.25) is 0 Å². The van der Waals surface area contributed by atoms with Gasteiger partial charge in [0.2, 0.25) is 0 Å². The molecule has 2 N–H and O–H groups in total. The second kappa shape index (κ2) is 8.72. The molecule has 0 saturated heterocycles. The van der Waals surface area contributed by atoms with Gasteiger partial charge in [0.25, 0.3) is 15.9 Å². The molecule has 29 heavy (non-hydrogen) atoms. The summed E-state index contributed by atoms with van der Waals surface area (Å²) in [6, 6.07) is 5.67. The van der Waals surface area contributed by atoms with Gasteiger partial charge in [-0.05, 0) is 49.4 Å². The zero-order chi connectivity index (χ0) is 21.1. The van der Waals surface area contributed by atoms with Gasteiger partial charge in [-0.3, -0.25) is 10.2 Å². The summed E-state index contributed by atoms with van der Waals surface area (Å²) in [7, 11) is -4.28. The Morgan fingerprint density at radius 1 is 1.07 bits per heavy atom. The Balaban J connectivity index is 1.68. The maximum Gasteiger partial charge on any atom is 0.573 e. The molecule has 158 valence electrons. The standard InChI is InChI=1S/C18H19F3N2O4S2/c19-18(20,21)27-13-7-5-8-14(11-13)29(25,26)23-22-17(24)16-10-12-6-3-1-2-4-9-15(12)28-16/h5,7-8,10-11,23H,1-4,6,9H2,(H,22,24). The summed E-state index contributed by atoms with van der Waals surface area (Å²) in [5, 5.41) is 0. The van der Waals surface area contributed by atoms with Crippen molar-refractivity contribution in [3.8, 4) is 5.75 Å². The van der Waals surface area contributed by atoms with Crippen LogP contribution in [0.5, 0.6) is 5.75 Å². The van der Waals surface area contributed by atoms with Crippen LogP contribution in [0.15, 0.2) is 35.2 Å². The molecule has 2 aromatic rings. The van der Waals surface area contributed by atoms with E-state index in [2.05, 4.69) is 10.2 Å². The molecular formula is C18H19F3N2O4S2. The van der Waals surface area contributed by atoms with Crippen molar-refractivity contribution in [1.29, 1.82) is 0 Å². The Hall–Kier alpha value is -2.11. The van der Waals surface area contributed by atoms with Gasteiger partial charge in [-0.1, -0.05) is 18.9 Å². The number of thiophene rings is 1. The van der Waals surface area contributed by atoms with Crippen molar-refractivity contribution in [2.45, 2.75) is 49.8 Å². The number of rotatable bonds is 5. The van der Waals surface area contributed by atoms with Gasteiger partial charge in [0.05, 0.1) is 9.77 Å². The summed E-state index contributed by atoms with van der Waals surface area (Å²) in [6.45, 7) is 0. The average Bonchev–Trinajstić information content (AvgIpc) is 3.00. The lowest BCUT2D eigenvalue weighted by atomic mass is 10.00. The first-order valence-electron chi connectivity index (χ1n) is 8.93. The van der Waals surface area contributed by atoms with E-state index in [1.807, 2.05) is 4.83 Å². The lowest BCUT2D eigenvalue weighted by Gasteiger charge is -2.11. The molecule has 0 atom stereocenters. The molecule has 1 heterocycles. The number of carbonyl (C=O) groups is 1. The van der Waals surface area contributed by atoms with Crippen LogP contribution >= 0.6 is 11.3 Å². The Morgan fingerprint density at radius 2 is 1.79 bits per heavy atom. The van der Waals surface area contributed by atoms with E-state index in [-0.39, 0.29) is 0 Å². The van der Waals surface area contributed by atoms with E-state index >= 15 is 0 Å². The van der Waals surface area contributed by atoms with E-state index in [0.29, 0.717) is 4.88 Å². The van der Waals surface area contributed by atoms with Crippen molar-refractivity contribution in [1.82, 2.24) is 10.3 Å². The minimum absolute atomic E-state index is 0.383. The molecule has 1 aliphatic rings. The number of alkyl halides is 3. The minimum atomic E-state index is -4.94. The third kappa shape index (κ3) is 5.94. The van der Waals surface area contributed by atoms with Gasteiger partial charge in [-0.2, -0.15) is 0 Å². The van der Waals surface area contributed by atoms with Crippen molar-refractivity contribution in [3.05, 3.63) is 45.6 Å². The van der Waals surface area contributed by atoms with Gasteiger partial charge in [0.15, 0.2) is 0 Å². The van der Waals surface area contributed by atoms with Crippen LogP contribution in [0.1, 0.15) is 45.8 Å². The summed E-state index contributed by atoms with van der Waals surface area (Å²) < 4.78 is 65.3. The molecule has 1 aromatic carbocycles. The number of nitrogens with one attached hydrogen (secondary N) is 2. The number of carbonyl (C=O) groups excluding carboxylic acids is 1. The fourth-order valence-electron chi connectivity index (χ4n) is 3.03. The van der Waals surface area contributed by atoms with Crippen molar-refractivity contribution in [2.75, 3.05) is 0 Å². The van der Waals surface area contributed by atoms with Gasteiger partial charge in [0, 0.05) is 10.9 Å². The number of hydrogen-bond acceptors (Lipinski definition) is 5. The fourth-order valence-corrected chi connectivity index (χ4v) is 5.05. The van der Waals surface area contributed by atoms with Gasteiger partial charge < -0.3 is 4.74 Å². The Morgan fingerprint density at radius 3 is 2.52 bits per heavy atom. The number of benzene rings is 1. The highest BCUT2D eigenvalue weighted by molar-refractivity contribution is 7.89. The third-order valence-electron chi connectivity index (χ3n) is 4.37. The number of hydrogen-bond donors (Lipinski definition) is 2. The minimum Gasteiger partial charge on any atom is -0.406 e. The number of fused-ring (bicyclic) bond motifs is 1. The third-order valence-corrected chi connectivity index (χ3v) is 6.85. The van der Waals surface area contributed by atoms with Crippen molar-refractivity contribution in [3.63, 3.8) is 0 Å². The summed E-state index contributed by atoms with van der Waals surface area (Å²) in [4.78, 5) is 15.3. The highest BCUT2D eigenvalue weighted by Crippen LogP contribution is 2.28. The van der Waals surface area contributed by atoms with Crippen LogP contribution < -0.4 is 15.0 Å². The van der Waals surface area contributed by atoms with Crippen LogP contribution in [-0.2, 0) is 22.9 Å². The normalized spacial score (nSPS) is 15.1. The predicted molar refractivity (Wildman–Crippen MR) is 101 cm³/mol. The van der Waals surface area contributed by atoms with Crippen molar-refractivity contribution in [2.24, 2.45) is 0 Å². The molecule has 0 unspecified atom stereocenters. The molecule has 0 fully saturated rings. The molecule has 0 saturated carbocycles. The van der Waals surface area contributed by atoms with E-state index in [4.69, 9.17) is 0 Å². The molecule has 0 spiro atoms. The Bertz CT molecular complexity index is 962. The van der Waals surface area contributed by atoms with Crippen molar-refractivity contribution >= 4 is 27.3 Å². The first kappa shape index (κ1) is 21.6. The van der Waals surface area contributed by atoms with Crippen LogP contribution in [0, 0.1) is 0 Å². The molecule has 0 aliphatic heterocycles. The Labute approximate surface area is 170 Å². The van der Waals surface area contributed by atoms with Crippen LogP contribution in [-0.4, -0.2) is 20.7 Å². The first-order chi connectivity index (χ1) is 13.6. The maximum absolute atomic E-state index is 12.4. The van der Waals surface area contributed by atoms with Crippen LogP contribution in [0.4, 0.5) is 13.2 Å². The van der Waals surface area contributed by atoms with Gasteiger partial charge in [-0.15, -0.1) is 29.3 Å².